The van der Waals surface area contributed by atoms with Crippen molar-refractivity contribution in [2.45, 2.75) is 13.3 Å². The molecule has 1 N–H and O–H groups in total. The zero-order chi connectivity index (χ0) is 13.0. The maximum absolute atomic E-state index is 12.3. The molecule has 18 heavy (non-hydrogen) atoms. The first-order valence-electron chi connectivity index (χ1n) is 6.43. The van der Waals surface area contributed by atoms with E-state index < -0.39 is 0 Å². The highest BCUT2D eigenvalue weighted by molar-refractivity contribution is 5.94. The molecule has 2 rings (SSSR count). The van der Waals surface area contributed by atoms with Crippen molar-refractivity contribution in [3.8, 4) is 5.75 Å². The monoisotopic (exact) mass is 248 g/mol. The van der Waals surface area contributed by atoms with Gasteiger partial charge in [-0.3, -0.25) is 4.79 Å². The second-order valence-electron chi connectivity index (χ2n) is 4.42. The molecule has 98 valence electrons. The van der Waals surface area contributed by atoms with Crippen molar-refractivity contribution in [1.82, 2.24) is 10.2 Å². The Bertz CT molecular complexity index is 426. The summed E-state index contributed by atoms with van der Waals surface area (Å²) in [7, 11) is 1.66. The number of carbonyl (C=O) groups is 1. The maximum Gasteiger partial charge on any atom is 0.253 e. The first-order chi connectivity index (χ1) is 8.76. The normalized spacial score (nSPS) is 15.6. The fourth-order valence-corrected chi connectivity index (χ4v) is 2.24. The lowest BCUT2D eigenvalue weighted by atomic mass is 10.1. The molecule has 4 heteroatoms. The Morgan fingerprint density at radius 2 is 2.11 bits per heavy atom. The van der Waals surface area contributed by atoms with Crippen LogP contribution < -0.4 is 10.1 Å². The molecule has 1 amide bonds. The van der Waals surface area contributed by atoms with Gasteiger partial charge in [0.2, 0.25) is 0 Å². The van der Waals surface area contributed by atoms with Gasteiger partial charge in [0.25, 0.3) is 5.91 Å². The fraction of sp³-hybridized carbons (Fsp3) is 0.500. The molecule has 0 radical (unpaired) electrons. The Balaban J connectivity index is 2.19. The zero-order valence-electron chi connectivity index (χ0n) is 11.0. The molecule has 1 aromatic carbocycles. The highest BCUT2D eigenvalue weighted by atomic mass is 16.5. The van der Waals surface area contributed by atoms with E-state index in [1.807, 2.05) is 23.1 Å². The van der Waals surface area contributed by atoms with E-state index in [9.17, 15) is 4.79 Å². The number of nitrogens with one attached hydrogen (secondary N) is 1. The van der Waals surface area contributed by atoms with Crippen LogP contribution in [0.2, 0.25) is 0 Å². The molecule has 0 bridgehead atoms. The smallest absolute Gasteiger partial charge is 0.253 e. The lowest BCUT2D eigenvalue weighted by Gasteiger charge is -2.27. The number of rotatable bonds is 3. The van der Waals surface area contributed by atoms with Gasteiger partial charge in [-0.15, -0.1) is 0 Å². The summed E-state index contributed by atoms with van der Waals surface area (Å²) in [4.78, 5) is 14.2. The van der Waals surface area contributed by atoms with Crippen LogP contribution in [-0.4, -0.2) is 44.1 Å². The Morgan fingerprint density at radius 3 is 2.72 bits per heavy atom. The van der Waals surface area contributed by atoms with Crippen molar-refractivity contribution in [3.63, 3.8) is 0 Å². The number of nitrogens with zero attached hydrogens (tertiary/aromatic N) is 1. The van der Waals surface area contributed by atoms with Gasteiger partial charge in [0.1, 0.15) is 5.75 Å². The maximum atomic E-state index is 12.3. The largest absolute Gasteiger partial charge is 0.496 e. The molecule has 1 saturated heterocycles. The van der Waals surface area contributed by atoms with E-state index in [0.29, 0.717) is 0 Å². The molecule has 0 aromatic heterocycles. The molecular weight excluding hydrogens is 228 g/mol. The molecule has 1 aliphatic rings. The summed E-state index contributed by atoms with van der Waals surface area (Å²) in [5.41, 5.74) is 1.84. The number of hydrogen-bond donors (Lipinski definition) is 1. The van der Waals surface area contributed by atoms with E-state index >= 15 is 0 Å². The van der Waals surface area contributed by atoms with Crippen LogP contribution >= 0.6 is 0 Å². The van der Waals surface area contributed by atoms with Gasteiger partial charge < -0.3 is 15.0 Å². The van der Waals surface area contributed by atoms with Gasteiger partial charge >= 0.3 is 0 Å². The third-order valence-corrected chi connectivity index (χ3v) is 3.31. The van der Waals surface area contributed by atoms with Crippen molar-refractivity contribution >= 4 is 5.91 Å². The lowest BCUT2D eigenvalue weighted by molar-refractivity contribution is 0.0735. The van der Waals surface area contributed by atoms with Gasteiger partial charge in [0.05, 0.1) is 7.11 Å². The van der Waals surface area contributed by atoms with E-state index in [1.54, 1.807) is 7.11 Å². The van der Waals surface area contributed by atoms with Crippen LogP contribution in [0.25, 0.3) is 0 Å². The standard InChI is InChI=1S/C14H20N2O2/c1-3-11-10-12(4-5-13(11)18-2)14(17)16-8-6-15-7-9-16/h4-5,10,15H,3,6-9H2,1-2H3. The van der Waals surface area contributed by atoms with Crippen molar-refractivity contribution in [3.05, 3.63) is 29.3 Å². The van der Waals surface area contributed by atoms with Gasteiger partial charge in [0.15, 0.2) is 0 Å². The van der Waals surface area contributed by atoms with Gasteiger partial charge in [-0.1, -0.05) is 6.92 Å². The summed E-state index contributed by atoms with van der Waals surface area (Å²) in [6.07, 6.45) is 0.867. The quantitative estimate of drug-likeness (QED) is 0.876. The van der Waals surface area contributed by atoms with Crippen LogP contribution in [0.15, 0.2) is 18.2 Å². The summed E-state index contributed by atoms with van der Waals surface area (Å²) in [6.45, 7) is 5.39. The number of carbonyl (C=O) groups excluding carboxylic acids is 1. The van der Waals surface area contributed by atoms with E-state index in [4.69, 9.17) is 4.74 Å². The topological polar surface area (TPSA) is 41.6 Å². The van der Waals surface area contributed by atoms with E-state index in [1.165, 1.54) is 0 Å². The van der Waals surface area contributed by atoms with Gasteiger partial charge in [0, 0.05) is 31.7 Å². The van der Waals surface area contributed by atoms with Crippen molar-refractivity contribution in [2.24, 2.45) is 0 Å². The Kier molecular flexibility index (Phi) is 4.20. The van der Waals surface area contributed by atoms with Gasteiger partial charge in [-0.25, -0.2) is 0 Å². The predicted octanol–water partition coefficient (Wildman–Crippen LogP) is 1.30. The average molecular weight is 248 g/mol. The SMILES string of the molecule is CCc1cc(C(=O)N2CCNCC2)ccc1OC. The average Bonchev–Trinajstić information content (AvgIpc) is 2.46. The molecule has 0 saturated carbocycles. The Labute approximate surface area is 108 Å². The number of piperazine rings is 1. The molecule has 1 fully saturated rings. The molecule has 0 atom stereocenters. The van der Waals surface area contributed by atoms with E-state index in [2.05, 4.69) is 12.2 Å². The first kappa shape index (κ1) is 12.9. The fourth-order valence-electron chi connectivity index (χ4n) is 2.24. The minimum Gasteiger partial charge on any atom is -0.496 e. The summed E-state index contributed by atoms with van der Waals surface area (Å²) in [5.74, 6) is 0.975. The Hall–Kier alpha value is -1.55. The summed E-state index contributed by atoms with van der Waals surface area (Å²) in [5, 5.41) is 3.25. The number of ether oxygens (including phenoxy) is 1. The summed E-state index contributed by atoms with van der Waals surface area (Å²) in [6, 6.07) is 5.68. The van der Waals surface area contributed by atoms with Crippen LogP contribution in [0.5, 0.6) is 5.75 Å². The number of benzene rings is 1. The number of amides is 1. The number of aryl methyl sites for hydroxylation is 1. The van der Waals surface area contributed by atoms with Crippen molar-refractivity contribution in [1.29, 1.82) is 0 Å². The molecule has 0 aliphatic carbocycles. The first-order valence-corrected chi connectivity index (χ1v) is 6.43. The molecule has 1 heterocycles. The minimum absolute atomic E-state index is 0.119. The number of hydrogen-bond acceptors (Lipinski definition) is 3. The molecule has 0 unspecified atom stereocenters. The van der Waals surface area contributed by atoms with Crippen LogP contribution in [0.4, 0.5) is 0 Å². The molecular formula is C14H20N2O2. The predicted molar refractivity (Wildman–Crippen MR) is 71.1 cm³/mol. The van der Waals surface area contributed by atoms with Crippen LogP contribution in [0.3, 0.4) is 0 Å². The van der Waals surface area contributed by atoms with Gasteiger partial charge in [-0.05, 0) is 30.2 Å². The second kappa shape index (κ2) is 5.87. The highest BCUT2D eigenvalue weighted by Gasteiger charge is 2.18. The summed E-state index contributed by atoms with van der Waals surface area (Å²) >= 11 is 0. The van der Waals surface area contributed by atoms with Crippen molar-refractivity contribution < 1.29 is 9.53 Å². The van der Waals surface area contributed by atoms with Crippen LogP contribution in [-0.2, 0) is 6.42 Å². The third-order valence-electron chi connectivity index (χ3n) is 3.31. The lowest BCUT2D eigenvalue weighted by Crippen LogP contribution is -2.46. The minimum atomic E-state index is 0.119. The molecule has 4 nitrogen and oxygen atoms in total. The van der Waals surface area contributed by atoms with E-state index in [0.717, 1.165) is 49.5 Å². The molecule has 1 aromatic rings. The second-order valence-corrected chi connectivity index (χ2v) is 4.42. The van der Waals surface area contributed by atoms with Crippen LogP contribution in [0, 0.1) is 0 Å². The third kappa shape index (κ3) is 2.64. The summed E-state index contributed by atoms with van der Waals surface area (Å²) < 4.78 is 5.28. The molecule has 0 spiro atoms. The van der Waals surface area contributed by atoms with Crippen molar-refractivity contribution in [2.75, 3.05) is 33.3 Å². The number of methoxy groups -OCH3 is 1. The van der Waals surface area contributed by atoms with Crippen LogP contribution in [0.1, 0.15) is 22.8 Å². The molecule has 1 aliphatic heterocycles. The zero-order valence-corrected chi connectivity index (χ0v) is 11.0. The van der Waals surface area contributed by atoms with E-state index in [-0.39, 0.29) is 5.91 Å². The highest BCUT2D eigenvalue weighted by Crippen LogP contribution is 2.21. The van der Waals surface area contributed by atoms with Gasteiger partial charge in [-0.2, -0.15) is 0 Å². The Morgan fingerprint density at radius 1 is 1.39 bits per heavy atom.